The van der Waals surface area contributed by atoms with Crippen LogP contribution in [-0.4, -0.2) is 36.8 Å². The molecular weight excluding hydrogens is 629 g/mol. The lowest BCUT2D eigenvalue weighted by Crippen LogP contribution is -2.27. The van der Waals surface area contributed by atoms with Crippen molar-refractivity contribution in [2.45, 2.75) is 33.1 Å². The Hall–Kier alpha value is -4.66. The molecule has 236 valence electrons. The van der Waals surface area contributed by atoms with Crippen LogP contribution in [0.15, 0.2) is 84.9 Å². The fourth-order valence-electron chi connectivity index (χ4n) is 5.01. The second-order valence-corrected chi connectivity index (χ2v) is 12.1. The van der Waals surface area contributed by atoms with Crippen LogP contribution in [-0.2, 0) is 14.3 Å². The van der Waals surface area contributed by atoms with Gasteiger partial charge in [0.15, 0.2) is 12.4 Å². The van der Waals surface area contributed by atoms with Crippen molar-refractivity contribution in [1.29, 1.82) is 0 Å². The lowest BCUT2D eigenvalue weighted by molar-refractivity contribution is -0.147. The second kappa shape index (κ2) is 14.2. The van der Waals surface area contributed by atoms with E-state index in [1.165, 1.54) is 47.4 Å². The maximum atomic E-state index is 12.8. The molecule has 1 amide bonds. The molecule has 0 saturated carbocycles. The SMILES string of the molecule is Cc1ccc(C(C)C)c(Oc2ccc(N3C[C@@H](C(=O)OCC(=O)c4ccc(OC(=O)c5ccc(Cl)cc5Cl)cc4)CC3=O)cc2)c1. The zero-order valence-electron chi connectivity index (χ0n) is 25.4. The molecule has 1 heterocycles. The van der Waals surface area contributed by atoms with Crippen molar-refractivity contribution in [3.05, 3.63) is 117 Å². The standard InChI is InChI=1S/C36H31Cl2NO7/c1-21(2)29-14-4-22(3)16-33(29)45-27-12-8-26(9-13-27)39-19-24(17-34(39)41)35(42)44-20-32(40)23-5-10-28(11-6-23)46-36(43)30-15-7-25(37)18-31(30)38/h4-16,18,21,24H,17,19-20H2,1-3H3/t24-/m0/s1. The van der Waals surface area contributed by atoms with E-state index in [1.54, 1.807) is 24.3 Å². The van der Waals surface area contributed by atoms with Crippen molar-refractivity contribution in [3.8, 4) is 17.2 Å². The van der Waals surface area contributed by atoms with Crippen LogP contribution < -0.4 is 14.4 Å². The predicted molar refractivity (Wildman–Crippen MR) is 175 cm³/mol. The highest BCUT2D eigenvalue weighted by Crippen LogP contribution is 2.33. The number of esters is 2. The van der Waals surface area contributed by atoms with Crippen molar-refractivity contribution in [2.24, 2.45) is 5.92 Å². The molecule has 1 aliphatic rings. The normalized spacial score (nSPS) is 14.3. The van der Waals surface area contributed by atoms with E-state index in [1.807, 2.05) is 13.0 Å². The molecule has 1 aliphatic heterocycles. The first-order valence-corrected chi connectivity index (χ1v) is 15.4. The molecule has 0 unspecified atom stereocenters. The number of anilines is 1. The Labute approximate surface area is 276 Å². The Morgan fingerprint density at radius 1 is 0.891 bits per heavy atom. The summed E-state index contributed by atoms with van der Waals surface area (Å²) < 4.78 is 16.8. The summed E-state index contributed by atoms with van der Waals surface area (Å²) in [7, 11) is 0. The van der Waals surface area contributed by atoms with Gasteiger partial charge in [-0.1, -0.05) is 49.2 Å². The smallest absolute Gasteiger partial charge is 0.345 e. The van der Waals surface area contributed by atoms with Gasteiger partial charge in [-0.25, -0.2) is 4.79 Å². The predicted octanol–water partition coefficient (Wildman–Crippen LogP) is 8.22. The van der Waals surface area contributed by atoms with E-state index in [0.29, 0.717) is 22.4 Å². The average Bonchev–Trinajstić information content (AvgIpc) is 3.41. The van der Waals surface area contributed by atoms with Gasteiger partial charge >= 0.3 is 11.9 Å². The summed E-state index contributed by atoms with van der Waals surface area (Å²) in [5.41, 5.74) is 3.23. The maximum absolute atomic E-state index is 12.8. The molecule has 4 aromatic rings. The van der Waals surface area contributed by atoms with Crippen LogP contribution in [0.3, 0.4) is 0 Å². The molecule has 0 spiro atoms. The van der Waals surface area contributed by atoms with Crippen molar-refractivity contribution in [3.63, 3.8) is 0 Å². The number of halogens is 2. The Kier molecular flexibility index (Phi) is 10.1. The number of Topliss-reactive ketones (excluding diaryl/α,β-unsaturated/α-hetero) is 1. The van der Waals surface area contributed by atoms with Gasteiger partial charge in [0.1, 0.15) is 17.2 Å². The summed E-state index contributed by atoms with van der Waals surface area (Å²) in [4.78, 5) is 52.2. The number of nitrogens with zero attached hydrogens (tertiary/aromatic N) is 1. The molecule has 5 rings (SSSR count). The van der Waals surface area contributed by atoms with Crippen LogP contribution in [0.5, 0.6) is 17.2 Å². The molecule has 1 saturated heterocycles. The molecule has 1 atom stereocenters. The average molecular weight is 661 g/mol. The summed E-state index contributed by atoms with van der Waals surface area (Å²) in [6.45, 7) is 5.87. The number of aryl methyl sites for hydroxylation is 1. The van der Waals surface area contributed by atoms with E-state index in [-0.39, 0.29) is 40.8 Å². The topological polar surface area (TPSA) is 99.2 Å². The van der Waals surface area contributed by atoms with Crippen LogP contribution in [0.2, 0.25) is 10.0 Å². The first-order valence-electron chi connectivity index (χ1n) is 14.6. The number of benzene rings is 4. The summed E-state index contributed by atoms with van der Waals surface area (Å²) in [6, 6.07) is 23.5. The minimum Gasteiger partial charge on any atom is -0.457 e. The van der Waals surface area contributed by atoms with E-state index < -0.39 is 30.2 Å². The van der Waals surface area contributed by atoms with Gasteiger partial charge in [0, 0.05) is 29.2 Å². The highest BCUT2D eigenvalue weighted by atomic mass is 35.5. The van der Waals surface area contributed by atoms with E-state index in [9.17, 15) is 19.2 Å². The number of carbonyl (C=O) groups is 4. The molecule has 0 N–H and O–H groups in total. The molecule has 8 nitrogen and oxygen atoms in total. The van der Waals surface area contributed by atoms with Crippen LogP contribution in [0.4, 0.5) is 5.69 Å². The van der Waals surface area contributed by atoms with Gasteiger partial charge in [0.2, 0.25) is 5.91 Å². The molecule has 1 fully saturated rings. The van der Waals surface area contributed by atoms with Crippen molar-refractivity contribution in [2.75, 3.05) is 18.1 Å². The number of ether oxygens (including phenoxy) is 3. The quantitative estimate of drug-likeness (QED) is 0.0961. The van der Waals surface area contributed by atoms with Crippen LogP contribution in [0, 0.1) is 12.8 Å². The third kappa shape index (κ3) is 7.76. The lowest BCUT2D eigenvalue weighted by atomic mass is 10.0. The lowest BCUT2D eigenvalue weighted by Gasteiger charge is -2.18. The monoisotopic (exact) mass is 659 g/mol. The number of ketones is 1. The largest absolute Gasteiger partial charge is 0.457 e. The minimum absolute atomic E-state index is 0.0238. The van der Waals surface area contributed by atoms with Crippen molar-refractivity contribution in [1.82, 2.24) is 0 Å². The zero-order chi connectivity index (χ0) is 33.0. The number of hydrogen-bond acceptors (Lipinski definition) is 7. The fraction of sp³-hybridized carbons (Fsp3) is 0.222. The molecule has 46 heavy (non-hydrogen) atoms. The van der Waals surface area contributed by atoms with Crippen LogP contribution in [0.25, 0.3) is 0 Å². The highest BCUT2D eigenvalue weighted by Gasteiger charge is 2.36. The van der Waals surface area contributed by atoms with E-state index in [0.717, 1.165) is 16.9 Å². The molecule has 0 aliphatic carbocycles. The molecule has 10 heteroatoms. The van der Waals surface area contributed by atoms with Gasteiger partial charge < -0.3 is 19.1 Å². The molecule has 4 aromatic carbocycles. The number of amides is 1. The number of carbonyl (C=O) groups excluding carboxylic acids is 4. The Morgan fingerprint density at radius 3 is 2.26 bits per heavy atom. The molecule has 0 radical (unpaired) electrons. The Morgan fingerprint density at radius 2 is 1.59 bits per heavy atom. The summed E-state index contributed by atoms with van der Waals surface area (Å²) in [5, 5.41) is 0.539. The molecule has 0 bridgehead atoms. The van der Waals surface area contributed by atoms with Gasteiger partial charge in [-0.2, -0.15) is 0 Å². The Bertz CT molecular complexity index is 1790. The third-order valence-electron chi connectivity index (χ3n) is 7.51. The van der Waals surface area contributed by atoms with Gasteiger partial charge in [-0.05, 0) is 96.8 Å². The third-order valence-corrected chi connectivity index (χ3v) is 8.06. The van der Waals surface area contributed by atoms with E-state index >= 15 is 0 Å². The van der Waals surface area contributed by atoms with Crippen LogP contribution in [0.1, 0.15) is 58.0 Å². The van der Waals surface area contributed by atoms with Gasteiger partial charge in [-0.3, -0.25) is 14.4 Å². The first-order chi connectivity index (χ1) is 22.0. The van der Waals surface area contributed by atoms with Gasteiger partial charge in [-0.15, -0.1) is 0 Å². The van der Waals surface area contributed by atoms with E-state index in [4.69, 9.17) is 37.4 Å². The maximum Gasteiger partial charge on any atom is 0.345 e. The fourth-order valence-corrected chi connectivity index (χ4v) is 5.49. The highest BCUT2D eigenvalue weighted by molar-refractivity contribution is 6.36. The van der Waals surface area contributed by atoms with Crippen molar-refractivity contribution >= 4 is 52.5 Å². The zero-order valence-corrected chi connectivity index (χ0v) is 26.9. The molecular formula is C36H31Cl2NO7. The Balaban J connectivity index is 1.13. The number of hydrogen-bond donors (Lipinski definition) is 0. The summed E-state index contributed by atoms with van der Waals surface area (Å²) in [6.07, 6.45) is -0.0238. The second-order valence-electron chi connectivity index (χ2n) is 11.3. The summed E-state index contributed by atoms with van der Waals surface area (Å²) in [5.74, 6) is -0.765. The van der Waals surface area contributed by atoms with E-state index in [2.05, 4.69) is 26.0 Å². The van der Waals surface area contributed by atoms with Crippen molar-refractivity contribution < 1.29 is 33.4 Å². The first kappa shape index (κ1) is 32.7. The van der Waals surface area contributed by atoms with Crippen LogP contribution >= 0.6 is 23.2 Å². The van der Waals surface area contributed by atoms with Gasteiger partial charge in [0.25, 0.3) is 0 Å². The summed E-state index contributed by atoms with van der Waals surface area (Å²) >= 11 is 11.9. The minimum atomic E-state index is -0.710. The number of rotatable bonds is 10. The molecule has 0 aromatic heterocycles. The van der Waals surface area contributed by atoms with Gasteiger partial charge in [0.05, 0.1) is 16.5 Å².